The lowest BCUT2D eigenvalue weighted by atomic mass is 10.2. The second-order valence-electron chi connectivity index (χ2n) is 3.96. The number of rotatable bonds is 3. The lowest BCUT2D eigenvalue weighted by Crippen LogP contribution is -2.07. The van der Waals surface area contributed by atoms with E-state index in [2.05, 4.69) is 5.32 Å². The summed E-state index contributed by atoms with van der Waals surface area (Å²) in [6, 6.07) is 12.8. The molecule has 94 valence electrons. The van der Waals surface area contributed by atoms with Crippen molar-refractivity contribution in [3.05, 3.63) is 57.8 Å². The number of hydrogen-bond acceptors (Lipinski definition) is 3. The van der Waals surface area contributed by atoms with E-state index in [-0.39, 0.29) is 5.91 Å². The molecular formula is C15H12N2OS. The minimum atomic E-state index is -0.184. The zero-order chi connectivity index (χ0) is 13.7. The van der Waals surface area contributed by atoms with Crippen LogP contribution in [0.25, 0.3) is 6.08 Å². The standard InChI is InChI=1S/C15H12N2OS/c1-11-2-7-14(19-11)8-9-15(18)17-13-5-3-12(10-16)4-6-13/h2-9H,1H3,(H,17,18)/b9-8+. The summed E-state index contributed by atoms with van der Waals surface area (Å²) < 4.78 is 0. The van der Waals surface area contributed by atoms with Gasteiger partial charge in [0, 0.05) is 21.5 Å². The van der Waals surface area contributed by atoms with Gasteiger partial charge in [-0.15, -0.1) is 11.3 Å². The maximum absolute atomic E-state index is 11.7. The zero-order valence-corrected chi connectivity index (χ0v) is 11.2. The summed E-state index contributed by atoms with van der Waals surface area (Å²) in [4.78, 5) is 14.0. The smallest absolute Gasteiger partial charge is 0.248 e. The van der Waals surface area contributed by atoms with E-state index in [0.717, 1.165) is 4.88 Å². The Bertz CT molecular complexity index is 648. The fourth-order valence-corrected chi connectivity index (χ4v) is 2.29. The molecule has 0 spiro atoms. The van der Waals surface area contributed by atoms with Gasteiger partial charge in [0.15, 0.2) is 0 Å². The van der Waals surface area contributed by atoms with Crippen molar-refractivity contribution in [3.63, 3.8) is 0 Å². The third kappa shape index (κ3) is 3.80. The van der Waals surface area contributed by atoms with Crippen molar-refractivity contribution in [1.29, 1.82) is 5.26 Å². The first kappa shape index (κ1) is 13.1. The van der Waals surface area contributed by atoms with Crippen molar-refractivity contribution in [3.8, 4) is 6.07 Å². The zero-order valence-electron chi connectivity index (χ0n) is 10.4. The fraction of sp³-hybridized carbons (Fsp3) is 0.0667. The Hall–Kier alpha value is -2.38. The molecule has 0 aliphatic heterocycles. The third-order valence-electron chi connectivity index (χ3n) is 2.44. The molecule has 2 rings (SSSR count). The van der Waals surface area contributed by atoms with Crippen LogP contribution in [0.1, 0.15) is 15.3 Å². The Kier molecular flexibility index (Phi) is 4.11. The number of carbonyl (C=O) groups excluding carboxylic acids is 1. The summed E-state index contributed by atoms with van der Waals surface area (Å²) in [5.41, 5.74) is 1.25. The number of benzene rings is 1. The van der Waals surface area contributed by atoms with Gasteiger partial charge in [0.2, 0.25) is 5.91 Å². The van der Waals surface area contributed by atoms with Crippen LogP contribution in [-0.2, 0) is 4.79 Å². The summed E-state index contributed by atoms with van der Waals surface area (Å²) in [5.74, 6) is -0.184. The van der Waals surface area contributed by atoms with Crippen LogP contribution in [0.4, 0.5) is 5.69 Å². The van der Waals surface area contributed by atoms with Crippen molar-refractivity contribution in [2.45, 2.75) is 6.92 Å². The summed E-state index contributed by atoms with van der Waals surface area (Å²) >= 11 is 1.64. The SMILES string of the molecule is Cc1ccc(/C=C/C(=O)Nc2ccc(C#N)cc2)s1. The normalized spacial score (nSPS) is 10.3. The first-order valence-corrected chi connectivity index (χ1v) is 6.55. The maximum atomic E-state index is 11.7. The van der Waals surface area contributed by atoms with Crippen LogP contribution < -0.4 is 5.32 Å². The molecule has 1 aromatic carbocycles. The van der Waals surface area contributed by atoms with Gasteiger partial charge < -0.3 is 5.32 Å². The number of aryl methyl sites for hydroxylation is 1. The van der Waals surface area contributed by atoms with Crippen LogP contribution in [0.3, 0.4) is 0 Å². The predicted molar refractivity (Wildman–Crippen MR) is 77.9 cm³/mol. The van der Waals surface area contributed by atoms with Crippen LogP contribution in [0.5, 0.6) is 0 Å². The van der Waals surface area contributed by atoms with Crippen LogP contribution >= 0.6 is 11.3 Å². The number of amides is 1. The van der Waals surface area contributed by atoms with E-state index in [1.165, 1.54) is 11.0 Å². The fourth-order valence-electron chi connectivity index (χ4n) is 1.51. The Balaban J connectivity index is 1.97. The highest BCUT2D eigenvalue weighted by atomic mass is 32.1. The number of nitrogens with one attached hydrogen (secondary N) is 1. The van der Waals surface area contributed by atoms with Gasteiger partial charge in [0.25, 0.3) is 0 Å². The molecule has 0 atom stereocenters. The highest BCUT2D eigenvalue weighted by molar-refractivity contribution is 7.12. The molecule has 0 aliphatic rings. The van der Waals surface area contributed by atoms with Crippen LogP contribution in [0.2, 0.25) is 0 Å². The molecule has 3 nitrogen and oxygen atoms in total. The van der Waals surface area contributed by atoms with Crippen LogP contribution in [0.15, 0.2) is 42.5 Å². The molecule has 0 fully saturated rings. The average Bonchev–Trinajstić information content (AvgIpc) is 2.83. The highest BCUT2D eigenvalue weighted by Gasteiger charge is 1.98. The summed E-state index contributed by atoms with van der Waals surface area (Å²) in [7, 11) is 0. The van der Waals surface area contributed by atoms with Gasteiger partial charge in [-0.3, -0.25) is 4.79 Å². The summed E-state index contributed by atoms with van der Waals surface area (Å²) in [6.45, 7) is 2.03. The van der Waals surface area contributed by atoms with Crippen LogP contribution in [0, 0.1) is 18.3 Å². The average molecular weight is 268 g/mol. The number of nitrogens with zero attached hydrogens (tertiary/aromatic N) is 1. The molecule has 1 N–H and O–H groups in total. The van der Waals surface area contributed by atoms with E-state index in [1.54, 1.807) is 41.7 Å². The first-order chi connectivity index (χ1) is 9.17. The lowest BCUT2D eigenvalue weighted by Gasteiger charge is -2.01. The minimum Gasteiger partial charge on any atom is -0.323 e. The molecule has 4 heteroatoms. The van der Waals surface area contributed by atoms with Gasteiger partial charge >= 0.3 is 0 Å². The van der Waals surface area contributed by atoms with E-state index in [9.17, 15) is 4.79 Å². The largest absolute Gasteiger partial charge is 0.323 e. The van der Waals surface area contributed by atoms with E-state index in [0.29, 0.717) is 11.3 Å². The van der Waals surface area contributed by atoms with Gasteiger partial charge in [0.1, 0.15) is 0 Å². The summed E-state index contributed by atoms with van der Waals surface area (Å²) in [5, 5.41) is 11.4. The number of anilines is 1. The molecule has 0 saturated heterocycles. The van der Waals surface area contributed by atoms with Gasteiger partial charge in [-0.1, -0.05) is 0 Å². The molecule has 0 radical (unpaired) electrons. The quantitative estimate of drug-likeness (QED) is 0.865. The van der Waals surface area contributed by atoms with Gasteiger partial charge in [-0.05, 0) is 49.4 Å². The minimum absolute atomic E-state index is 0.184. The predicted octanol–water partition coefficient (Wildman–Crippen LogP) is 3.58. The topological polar surface area (TPSA) is 52.9 Å². The van der Waals surface area contributed by atoms with Crippen molar-refractivity contribution in [2.75, 3.05) is 5.32 Å². The van der Waals surface area contributed by atoms with Gasteiger partial charge in [-0.25, -0.2) is 0 Å². The maximum Gasteiger partial charge on any atom is 0.248 e. The number of thiophene rings is 1. The Morgan fingerprint density at radius 3 is 2.58 bits per heavy atom. The van der Waals surface area contributed by atoms with E-state index < -0.39 is 0 Å². The second kappa shape index (κ2) is 5.98. The first-order valence-electron chi connectivity index (χ1n) is 5.73. The number of hydrogen-bond donors (Lipinski definition) is 1. The van der Waals surface area contributed by atoms with Crippen LogP contribution in [-0.4, -0.2) is 5.91 Å². The highest BCUT2D eigenvalue weighted by Crippen LogP contribution is 2.16. The van der Waals surface area contributed by atoms with Crippen molar-refractivity contribution >= 4 is 29.0 Å². The molecule has 1 heterocycles. The number of carbonyl (C=O) groups is 1. The van der Waals surface area contributed by atoms with Gasteiger partial charge in [0.05, 0.1) is 11.6 Å². The second-order valence-corrected chi connectivity index (χ2v) is 5.28. The van der Waals surface area contributed by atoms with E-state index >= 15 is 0 Å². The molecule has 0 bridgehead atoms. The molecular weight excluding hydrogens is 256 g/mol. The third-order valence-corrected chi connectivity index (χ3v) is 3.41. The molecule has 0 unspecified atom stereocenters. The molecule has 1 amide bonds. The molecule has 0 aliphatic carbocycles. The Labute approximate surface area is 115 Å². The summed E-state index contributed by atoms with van der Waals surface area (Å²) in [6.07, 6.45) is 3.29. The molecule has 1 aromatic heterocycles. The van der Waals surface area contributed by atoms with Gasteiger partial charge in [-0.2, -0.15) is 5.26 Å². The van der Waals surface area contributed by atoms with E-state index in [1.807, 2.05) is 25.1 Å². The van der Waals surface area contributed by atoms with Crippen molar-refractivity contribution in [2.24, 2.45) is 0 Å². The molecule has 19 heavy (non-hydrogen) atoms. The Morgan fingerprint density at radius 1 is 1.26 bits per heavy atom. The Morgan fingerprint density at radius 2 is 2.00 bits per heavy atom. The molecule has 0 saturated carbocycles. The van der Waals surface area contributed by atoms with E-state index in [4.69, 9.17) is 5.26 Å². The van der Waals surface area contributed by atoms with Crippen molar-refractivity contribution < 1.29 is 4.79 Å². The number of nitriles is 1. The monoisotopic (exact) mass is 268 g/mol. The van der Waals surface area contributed by atoms with Crippen molar-refractivity contribution in [1.82, 2.24) is 0 Å². The lowest BCUT2D eigenvalue weighted by molar-refractivity contribution is -0.111. The molecule has 2 aromatic rings.